The molecule has 7 nitrogen and oxygen atoms in total. The lowest BCUT2D eigenvalue weighted by molar-refractivity contribution is -0.144. The summed E-state index contributed by atoms with van der Waals surface area (Å²) >= 11 is 0. The molecule has 0 bridgehead atoms. The second-order valence-electron chi connectivity index (χ2n) is 10.1. The molecule has 1 aliphatic carbocycles. The molecule has 1 fully saturated rings. The average molecular weight is 453 g/mol. The van der Waals surface area contributed by atoms with E-state index >= 15 is 0 Å². The van der Waals surface area contributed by atoms with Crippen LogP contribution in [0.2, 0.25) is 0 Å². The van der Waals surface area contributed by atoms with Crippen molar-refractivity contribution in [2.24, 2.45) is 10.8 Å². The molecule has 1 unspecified atom stereocenters. The van der Waals surface area contributed by atoms with Crippen molar-refractivity contribution < 1.29 is 9.18 Å². The van der Waals surface area contributed by atoms with Gasteiger partial charge in [-0.05, 0) is 55.2 Å². The van der Waals surface area contributed by atoms with Crippen LogP contribution in [-0.4, -0.2) is 38.2 Å². The number of likely N-dealkylation sites (tertiary alicyclic amines) is 1. The Morgan fingerprint density at radius 3 is 2.45 bits per heavy atom. The first-order valence-corrected chi connectivity index (χ1v) is 11.7. The highest BCUT2D eigenvalue weighted by molar-refractivity contribution is 5.82. The van der Waals surface area contributed by atoms with E-state index in [0.717, 1.165) is 32.1 Å². The summed E-state index contributed by atoms with van der Waals surface area (Å²) in [6.45, 7) is 4.00. The van der Waals surface area contributed by atoms with Gasteiger partial charge in [0.2, 0.25) is 5.91 Å². The summed E-state index contributed by atoms with van der Waals surface area (Å²) in [4.78, 5) is 40.7. The smallest absolute Gasteiger partial charge is 0.332 e. The molecular formula is C25H29FN4O3. The van der Waals surface area contributed by atoms with Crippen LogP contribution >= 0.6 is 0 Å². The Hall–Kier alpha value is -3.03. The fourth-order valence-corrected chi connectivity index (χ4v) is 5.53. The number of carbonyl (C=O) groups is 1. The predicted molar refractivity (Wildman–Crippen MR) is 121 cm³/mol. The van der Waals surface area contributed by atoms with Gasteiger partial charge in [-0.3, -0.25) is 19.0 Å². The van der Waals surface area contributed by atoms with Crippen LogP contribution < -0.4 is 11.1 Å². The summed E-state index contributed by atoms with van der Waals surface area (Å²) in [5.41, 5.74) is -0.976. The van der Waals surface area contributed by atoms with Gasteiger partial charge in [-0.25, -0.2) is 9.07 Å². The van der Waals surface area contributed by atoms with E-state index < -0.39 is 11.1 Å². The summed E-state index contributed by atoms with van der Waals surface area (Å²) < 4.78 is 15.9. The van der Waals surface area contributed by atoms with Gasteiger partial charge in [0, 0.05) is 26.1 Å². The van der Waals surface area contributed by atoms with E-state index in [4.69, 9.17) is 0 Å². The zero-order valence-corrected chi connectivity index (χ0v) is 18.9. The van der Waals surface area contributed by atoms with E-state index in [1.54, 1.807) is 12.1 Å². The number of benzene rings is 1. The molecular weight excluding hydrogens is 423 g/mol. The van der Waals surface area contributed by atoms with Gasteiger partial charge < -0.3 is 4.90 Å². The summed E-state index contributed by atoms with van der Waals surface area (Å²) in [5.74, 6) is 0.492. The third-order valence-electron chi connectivity index (χ3n) is 7.71. The number of hydrogen-bond acceptors (Lipinski definition) is 4. The molecule has 3 heterocycles. The number of nitrogens with zero attached hydrogens (tertiary/aromatic N) is 4. The van der Waals surface area contributed by atoms with Crippen molar-refractivity contribution in [3.63, 3.8) is 0 Å². The van der Waals surface area contributed by atoms with Crippen molar-refractivity contribution in [1.29, 1.82) is 0 Å². The number of halogens is 1. The predicted octanol–water partition coefficient (Wildman–Crippen LogP) is 2.50. The van der Waals surface area contributed by atoms with E-state index in [-0.39, 0.29) is 29.1 Å². The monoisotopic (exact) mass is 452 g/mol. The van der Waals surface area contributed by atoms with Crippen LogP contribution in [0.4, 0.5) is 4.39 Å². The van der Waals surface area contributed by atoms with Crippen LogP contribution in [0.5, 0.6) is 0 Å². The lowest BCUT2D eigenvalue weighted by Crippen LogP contribution is -2.49. The molecule has 8 heteroatoms. The Balaban J connectivity index is 1.31. The van der Waals surface area contributed by atoms with E-state index in [1.165, 1.54) is 21.4 Å². The van der Waals surface area contributed by atoms with Crippen molar-refractivity contribution in [1.82, 2.24) is 19.2 Å². The highest BCUT2D eigenvalue weighted by Gasteiger charge is 2.45. The molecule has 2 aliphatic heterocycles. The topological polar surface area (TPSA) is 77.2 Å². The van der Waals surface area contributed by atoms with Crippen LogP contribution in [0.15, 0.2) is 46.0 Å². The van der Waals surface area contributed by atoms with Crippen molar-refractivity contribution in [3.8, 4) is 0 Å². The number of fused-ring (bicyclic) bond motifs is 1. The average Bonchev–Trinajstić information content (AvgIpc) is 3.17. The van der Waals surface area contributed by atoms with E-state index in [9.17, 15) is 18.8 Å². The summed E-state index contributed by atoms with van der Waals surface area (Å²) in [6.07, 6.45) is 9.08. The van der Waals surface area contributed by atoms with E-state index in [2.05, 4.69) is 24.2 Å². The molecule has 2 aromatic rings. The van der Waals surface area contributed by atoms with Gasteiger partial charge >= 0.3 is 11.1 Å². The summed E-state index contributed by atoms with van der Waals surface area (Å²) in [6, 6.07) is 5.83. The second kappa shape index (κ2) is 8.08. The van der Waals surface area contributed by atoms with Crippen LogP contribution in [0.25, 0.3) is 0 Å². The van der Waals surface area contributed by atoms with Gasteiger partial charge in [0.15, 0.2) is 0 Å². The lowest BCUT2D eigenvalue weighted by atomic mass is 9.74. The molecule has 1 atom stereocenters. The zero-order chi connectivity index (χ0) is 23.2. The van der Waals surface area contributed by atoms with Crippen LogP contribution in [0, 0.1) is 16.6 Å². The van der Waals surface area contributed by atoms with Gasteiger partial charge in [-0.2, -0.15) is 5.10 Å². The van der Waals surface area contributed by atoms with Crippen molar-refractivity contribution in [2.75, 3.05) is 13.1 Å². The summed E-state index contributed by atoms with van der Waals surface area (Å²) in [5, 5.41) is 4.50. The maximum absolute atomic E-state index is 13.2. The molecule has 5 rings (SSSR count). The quantitative estimate of drug-likeness (QED) is 0.530. The molecule has 3 aliphatic rings. The van der Waals surface area contributed by atoms with Crippen LogP contribution in [-0.2, 0) is 24.3 Å². The zero-order valence-electron chi connectivity index (χ0n) is 18.9. The third-order valence-corrected chi connectivity index (χ3v) is 7.71. The molecule has 174 valence electrons. The lowest BCUT2D eigenvalue weighted by Gasteiger charge is -2.42. The highest BCUT2D eigenvalue weighted by Crippen LogP contribution is 2.42. The number of hydrogen-bond donors (Lipinski definition) is 0. The largest absolute Gasteiger partial charge is 0.342 e. The fraction of sp³-hybridized carbons (Fsp3) is 0.520. The molecule has 0 N–H and O–H groups in total. The second-order valence-corrected chi connectivity index (χ2v) is 10.1. The highest BCUT2D eigenvalue weighted by atomic mass is 19.1. The summed E-state index contributed by atoms with van der Waals surface area (Å²) in [7, 11) is 0. The van der Waals surface area contributed by atoms with Crippen molar-refractivity contribution >= 4 is 5.91 Å². The van der Waals surface area contributed by atoms with E-state index in [0.29, 0.717) is 37.4 Å². The number of aromatic nitrogens is 3. The Morgan fingerprint density at radius 2 is 1.79 bits per heavy atom. The minimum absolute atomic E-state index is 0.129. The Kier molecular flexibility index (Phi) is 5.34. The van der Waals surface area contributed by atoms with Crippen molar-refractivity contribution in [2.45, 2.75) is 58.5 Å². The molecule has 1 aromatic carbocycles. The van der Waals surface area contributed by atoms with Gasteiger partial charge in [-0.15, -0.1) is 0 Å². The van der Waals surface area contributed by atoms with Gasteiger partial charge in [0.05, 0.1) is 12.0 Å². The Labute approximate surface area is 191 Å². The van der Waals surface area contributed by atoms with Crippen LogP contribution in [0.1, 0.15) is 50.4 Å². The first-order valence-electron chi connectivity index (χ1n) is 11.7. The number of carbonyl (C=O) groups excluding carboxylic acids is 1. The molecule has 1 aromatic heterocycles. The molecule has 1 saturated heterocycles. The fourth-order valence-electron chi connectivity index (χ4n) is 5.53. The molecule has 1 spiro atoms. The van der Waals surface area contributed by atoms with E-state index in [1.807, 2.05) is 4.90 Å². The minimum atomic E-state index is -0.661. The standard InChI is InChI=1S/C25H29FN4O3/c1-24(9-3-2-4-10-24)23(33)28-13-11-25(12-14-28)15-20-27-30(22(32)21(31)29(20)17-25)16-18-5-7-19(26)8-6-18/h2-3,5-8H,4,9-17H2,1H3. The van der Waals surface area contributed by atoms with Gasteiger partial charge in [-0.1, -0.05) is 31.2 Å². The molecule has 0 radical (unpaired) electrons. The number of amides is 1. The normalized spacial score (nSPS) is 23.6. The first-order chi connectivity index (χ1) is 15.8. The Morgan fingerprint density at radius 1 is 1.06 bits per heavy atom. The first kappa shape index (κ1) is 21.8. The SMILES string of the molecule is CC1(C(=O)N2CCC3(CC2)Cc2nn(Cc4ccc(F)cc4)c(=O)c(=O)n2C3)CC=CCC1. The van der Waals surface area contributed by atoms with Gasteiger partial charge in [0.1, 0.15) is 11.6 Å². The number of rotatable bonds is 3. The minimum Gasteiger partial charge on any atom is -0.342 e. The number of piperidine rings is 1. The maximum atomic E-state index is 13.2. The molecule has 33 heavy (non-hydrogen) atoms. The van der Waals surface area contributed by atoms with Crippen molar-refractivity contribution in [3.05, 3.63) is 74.3 Å². The molecule has 1 amide bonds. The maximum Gasteiger partial charge on any atom is 0.332 e. The molecule has 0 saturated carbocycles. The number of allylic oxidation sites excluding steroid dienone is 2. The third kappa shape index (κ3) is 3.96. The van der Waals surface area contributed by atoms with Crippen LogP contribution in [0.3, 0.4) is 0 Å². The van der Waals surface area contributed by atoms with Gasteiger partial charge in [0.25, 0.3) is 0 Å². The Bertz CT molecular complexity index is 1220.